The summed E-state index contributed by atoms with van der Waals surface area (Å²) < 4.78 is 10.8. The third-order valence-corrected chi connectivity index (χ3v) is 3.35. The van der Waals surface area contributed by atoms with Crippen LogP contribution in [-0.2, 0) is 14.3 Å². The number of rotatable bonds is 0. The van der Waals surface area contributed by atoms with E-state index in [-0.39, 0.29) is 5.97 Å². The van der Waals surface area contributed by atoms with Crippen molar-refractivity contribution in [1.82, 2.24) is 0 Å². The van der Waals surface area contributed by atoms with Gasteiger partial charge in [-0.05, 0) is 12.8 Å². The van der Waals surface area contributed by atoms with Crippen molar-refractivity contribution in [3.63, 3.8) is 0 Å². The molecule has 0 spiro atoms. The molecular formula is C15H28O3. The number of ether oxygens (including phenoxy) is 2. The minimum atomic E-state index is -0.0473. The van der Waals surface area contributed by atoms with E-state index in [1.807, 2.05) is 0 Å². The number of cyclic esters (lactones) is 1. The first kappa shape index (κ1) is 15.5. The van der Waals surface area contributed by atoms with E-state index in [4.69, 9.17) is 9.47 Å². The number of hydrogen-bond donors (Lipinski definition) is 0. The molecule has 106 valence electrons. The summed E-state index contributed by atoms with van der Waals surface area (Å²) in [6, 6.07) is 0. The lowest BCUT2D eigenvalue weighted by Gasteiger charge is -2.13. The largest absolute Gasteiger partial charge is 0.465 e. The van der Waals surface area contributed by atoms with Gasteiger partial charge < -0.3 is 9.47 Å². The maximum Gasteiger partial charge on any atom is 0.305 e. The van der Waals surface area contributed by atoms with Crippen LogP contribution < -0.4 is 0 Å². The predicted molar refractivity (Wildman–Crippen MR) is 72.5 cm³/mol. The Labute approximate surface area is 111 Å². The van der Waals surface area contributed by atoms with E-state index in [1.165, 1.54) is 32.1 Å². The highest BCUT2D eigenvalue weighted by Crippen LogP contribution is 2.11. The van der Waals surface area contributed by atoms with Gasteiger partial charge in [-0.3, -0.25) is 4.79 Å². The van der Waals surface area contributed by atoms with Gasteiger partial charge in [0.25, 0.3) is 0 Å². The second-order valence-corrected chi connectivity index (χ2v) is 5.44. The lowest BCUT2D eigenvalue weighted by Crippen LogP contribution is -2.16. The summed E-state index contributed by atoms with van der Waals surface area (Å²) in [5.74, 6) is 0.260. The fourth-order valence-electron chi connectivity index (χ4n) is 2.17. The Balaban J connectivity index is 2.21. The van der Waals surface area contributed by atoms with E-state index in [0.29, 0.717) is 25.6 Å². The average molecular weight is 256 g/mol. The molecule has 0 radical (unpaired) electrons. The molecule has 1 heterocycles. The first-order valence-electron chi connectivity index (χ1n) is 7.52. The topological polar surface area (TPSA) is 35.5 Å². The Morgan fingerprint density at radius 1 is 0.889 bits per heavy atom. The lowest BCUT2D eigenvalue weighted by molar-refractivity contribution is -0.145. The van der Waals surface area contributed by atoms with Crippen molar-refractivity contribution < 1.29 is 14.3 Å². The van der Waals surface area contributed by atoms with Crippen LogP contribution >= 0.6 is 0 Å². The highest BCUT2D eigenvalue weighted by atomic mass is 16.5. The molecule has 0 bridgehead atoms. The minimum Gasteiger partial charge on any atom is -0.465 e. The van der Waals surface area contributed by atoms with Crippen molar-refractivity contribution in [2.24, 2.45) is 5.92 Å². The van der Waals surface area contributed by atoms with Gasteiger partial charge in [-0.2, -0.15) is 0 Å². The molecule has 3 heteroatoms. The van der Waals surface area contributed by atoms with Crippen LogP contribution in [0.3, 0.4) is 0 Å². The molecule has 0 saturated carbocycles. The molecule has 0 amide bonds. The predicted octanol–water partition coefficient (Wildman–Crippen LogP) is 3.71. The standard InChI is InChI=1S/C15H28O3/c1-14-12-17-11-9-7-5-3-2-4-6-8-10-15(16)18-13-14/h14H,2-13H2,1H3. The SMILES string of the molecule is CC1COCCCCCCCCCCC(=O)OC1. The van der Waals surface area contributed by atoms with Crippen LogP contribution in [0.2, 0.25) is 0 Å². The molecule has 1 atom stereocenters. The van der Waals surface area contributed by atoms with E-state index in [1.54, 1.807) is 0 Å². The van der Waals surface area contributed by atoms with Gasteiger partial charge in [-0.1, -0.05) is 45.4 Å². The minimum absolute atomic E-state index is 0.0473. The average Bonchev–Trinajstić information content (AvgIpc) is 2.36. The molecule has 3 nitrogen and oxygen atoms in total. The van der Waals surface area contributed by atoms with Crippen LogP contribution in [0.5, 0.6) is 0 Å². The quantitative estimate of drug-likeness (QED) is 0.620. The molecule has 0 N–H and O–H groups in total. The molecule has 0 aromatic carbocycles. The molecular weight excluding hydrogens is 228 g/mol. The highest BCUT2D eigenvalue weighted by molar-refractivity contribution is 5.69. The monoisotopic (exact) mass is 256 g/mol. The zero-order chi connectivity index (χ0) is 13.1. The summed E-state index contributed by atoms with van der Waals surface area (Å²) >= 11 is 0. The van der Waals surface area contributed by atoms with Gasteiger partial charge in [0.1, 0.15) is 0 Å². The summed E-state index contributed by atoms with van der Waals surface area (Å²) in [7, 11) is 0. The summed E-state index contributed by atoms with van der Waals surface area (Å²) in [5, 5.41) is 0. The third-order valence-electron chi connectivity index (χ3n) is 3.35. The summed E-state index contributed by atoms with van der Waals surface area (Å²) in [6.07, 6.45) is 10.3. The summed E-state index contributed by atoms with van der Waals surface area (Å²) in [6.45, 7) is 4.11. The number of carbonyl (C=O) groups is 1. The van der Waals surface area contributed by atoms with Gasteiger partial charge in [-0.15, -0.1) is 0 Å². The van der Waals surface area contributed by atoms with Crippen LogP contribution in [0.15, 0.2) is 0 Å². The molecule has 0 aromatic heterocycles. The Bertz CT molecular complexity index is 216. The number of carbonyl (C=O) groups excluding carboxylic acids is 1. The third kappa shape index (κ3) is 8.51. The van der Waals surface area contributed by atoms with Crippen LogP contribution in [0.4, 0.5) is 0 Å². The van der Waals surface area contributed by atoms with E-state index in [2.05, 4.69) is 6.92 Å². The van der Waals surface area contributed by atoms with Crippen molar-refractivity contribution in [2.45, 2.75) is 64.7 Å². The molecule has 1 saturated heterocycles. The zero-order valence-electron chi connectivity index (χ0n) is 11.8. The van der Waals surface area contributed by atoms with Gasteiger partial charge in [0.2, 0.25) is 0 Å². The normalized spacial score (nSPS) is 26.5. The Morgan fingerprint density at radius 2 is 1.50 bits per heavy atom. The van der Waals surface area contributed by atoms with E-state index in [0.717, 1.165) is 25.9 Å². The summed E-state index contributed by atoms with van der Waals surface area (Å²) in [5.41, 5.74) is 0. The Hall–Kier alpha value is -0.570. The van der Waals surface area contributed by atoms with E-state index < -0.39 is 0 Å². The first-order valence-corrected chi connectivity index (χ1v) is 7.52. The number of hydrogen-bond acceptors (Lipinski definition) is 3. The van der Waals surface area contributed by atoms with Crippen molar-refractivity contribution in [3.05, 3.63) is 0 Å². The van der Waals surface area contributed by atoms with Crippen LogP contribution in [0.25, 0.3) is 0 Å². The van der Waals surface area contributed by atoms with Gasteiger partial charge in [0.15, 0.2) is 0 Å². The lowest BCUT2D eigenvalue weighted by atomic mass is 10.1. The van der Waals surface area contributed by atoms with Crippen molar-refractivity contribution in [1.29, 1.82) is 0 Å². The Morgan fingerprint density at radius 3 is 2.22 bits per heavy atom. The fraction of sp³-hybridized carbons (Fsp3) is 0.933. The van der Waals surface area contributed by atoms with E-state index >= 15 is 0 Å². The van der Waals surface area contributed by atoms with E-state index in [9.17, 15) is 4.79 Å². The fourth-order valence-corrected chi connectivity index (χ4v) is 2.17. The zero-order valence-corrected chi connectivity index (χ0v) is 11.8. The van der Waals surface area contributed by atoms with Crippen molar-refractivity contribution in [2.75, 3.05) is 19.8 Å². The van der Waals surface area contributed by atoms with Crippen LogP contribution in [0, 0.1) is 5.92 Å². The Kier molecular flexibility index (Phi) is 8.92. The van der Waals surface area contributed by atoms with Gasteiger partial charge in [-0.25, -0.2) is 0 Å². The molecule has 1 fully saturated rings. The molecule has 1 unspecified atom stereocenters. The smallest absolute Gasteiger partial charge is 0.305 e. The van der Waals surface area contributed by atoms with Gasteiger partial charge >= 0.3 is 5.97 Å². The summed E-state index contributed by atoms with van der Waals surface area (Å²) in [4.78, 5) is 11.5. The van der Waals surface area contributed by atoms with Crippen LogP contribution in [0.1, 0.15) is 64.7 Å². The maximum absolute atomic E-state index is 11.5. The molecule has 1 aliphatic heterocycles. The van der Waals surface area contributed by atoms with Crippen molar-refractivity contribution in [3.8, 4) is 0 Å². The molecule has 18 heavy (non-hydrogen) atoms. The highest BCUT2D eigenvalue weighted by Gasteiger charge is 2.08. The number of esters is 1. The first-order chi connectivity index (χ1) is 8.79. The van der Waals surface area contributed by atoms with Crippen LogP contribution in [-0.4, -0.2) is 25.8 Å². The molecule has 1 rings (SSSR count). The molecule has 0 aliphatic carbocycles. The second-order valence-electron chi connectivity index (χ2n) is 5.44. The molecule has 1 aliphatic rings. The molecule has 0 aromatic rings. The maximum atomic E-state index is 11.5. The second kappa shape index (κ2) is 10.4. The van der Waals surface area contributed by atoms with Gasteiger partial charge in [0, 0.05) is 18.9 Å². The van der Waals surface area contributed by atoms with Gasteiger partial charge in [0.05, 0.1) is 13.2 Å². The van der Waals surface area contributed by atoms with Crippen molar-refractivity contribution >= 4 is 5.97 Å².